The summed E-state index contributed by atoms with van der Waals surface area (Å²) in [5.74, 6) is 0. The van der Waals surface area contributed by atoms with Gasteiger partial charge in [-0.2, -0.15) is 9.15 Å². The highest BCUT2D eigenvalue weighted by atomic mass is 28.4. The first-order valence-electron chi connectivity index (χ1n) is 2.78. The molecule has 0 rings (SSSR count). The normalized spacial score (nSPS) is 12.0. The molecule has 0 aliphatic heterocycles. The third-order valence-corrected chi connectivity index (χ3v) is 2.61. The lowest BCUT2D eigenvalue weighted by Crippen LogP contribution is -2.46. The molecule has 0 aliphatic carbocycles. The van der Waals surface area contributed by atoms with Crippen LogP contribution in [0, 0.1) is 0 Å². The Morgan fingerprint density at radius 3 is 1.27 bits per heavy atom. The van der Waals surface area contributed by atoms with Crippen molar-refractivity contribution < 1.29 is 27.8 Å². The van der Waals surface area contributed by atoms with Gasteiger partial charge in [-0.3, -0.25) is 0 Å². The van der Waals surface area contributed by atoms with Crippen molar-refractivity contribution in [3.05, 3.63) is 0 Å². The van der Waals surface area contributed by atoms with Crippen LogP contribution in [0.4, 0.5) is 0 Å². The van der Waals surface area contributed by atoms with Gasteiger partial charge in [-0.25, -0.2) is 9.78 Å². The molecular formula is C4H12O6Si. The minimum atomic E-state index is -3.19. The van der Waals surface area contributed by atoms with Gasteiger partial charge in [-0.05, 0) is 0 Å². The fourth-order valence-electron chi connectivity index (χ4n) is 0.437. The standard InChI is InChI=1S/C4H12O6Si/c1-5-9-11(7-3,8-4)10-6-2/h1-4H3. The molecule has 0 N–H and O–H groups in total. The molecule has 0 bridgehead atoms. The highest BCUT2D eigenvalue weighted by Crippen LogP contribution is 2.08. The van der Waals surface area contributed by atoms with Gasteiger partial charge in [0.2, 0.25) is 0 Å². The minimum absolute atomic E-state index is 1.32. The minimum Gasteiger partial charge on any atom is -0.352 e. The maximum Gasteiger partial charge on any atom is 0.735 e. The van der Waals surface area contributed by atoms with Crippen LogP contribution in [0.3, 0.4) is 0 Å². The van der Waals surface area contributed by atoms with Crippen LogP contribution < -0.4 is 0 Å². The van der Waals surface area contributed by atoms with E-state index in [1.807, 2.05) is 0 Å². The van der Waals surface area contributed by atoms with E-state index in [1.54, 1.807) is 0 Å². The highest BCUT2D eigenvalue weighted by Gasteiger charge is 2.47. The summed E-state index contributed by atoms with van der Waals surface area (Å²) in [5.41, 5.74) is 0. The van der Waals surface area contributed by atoms with Crippen LogP contribution >= 0.6 is 0 Å². The summed E-state index contributed by atoms with van der Waals surface area (Å²) < 4.78 is 18.8. The second kappa shape index (κ2) is 5.60. The van der Waals surface area contributed by atoms with Gasteiger partial charge in [0.15, 0.2) is 0 Å². The Morgan fingerprint density at radius 2 is 1.09 bits per heavy atom. The monoisotopic (exact) mass is 184 g/mol. The van der Waals surface area contributed by atoms with Crippen LogP contribution in [0.15, 0.2) is 0 Å². The summed E-state index contributed by atoms with van der Waals surface area (Å²) >= 11 is 0. The van der Waals surface area contributed by atoms with Crippen molar-refractivity contribution in [3.8, 4) is 0 Å². The van der Waals surface area contributed by atoms with Crippen LogP contribution in [-0.4, -0.2) is 37.5 Å². The highest BCUT2D eigenvalue weighted by molar-refractivity contribution is 6.52. The van der Waals surface area contributed by atoms with Crippen molar-refractivity contribution in [2.45, 2.75) is 0 Å². The summed E-state index contributed by atoms with van der Waals surface area (Å²) in [4.78, 5) is 8.70. The zero-order chi connectivity index (χ0) is 8.74. The predicted octanol–water partition coefficient (Wildman–Crippen LogP) is -0.129. The Kier molecular flexibility index (Phi) is 5.59. The predicted molar refractivity (Wildman–Crippen MR) is 36.0 cm³/mol. The van der Waals surface area contributed by atoms with E-state index in [4.69, 9.17) is 8.85 Å². The van der Waals surface area contributed by atoms with E-state index in [2.05, 4.69) is 18.9 Å². The molecule has 6 nitrogen and oxygen atoms in total. The molecule has 0 saturated carbocycles. The molecule has 0 saturated heterocycles. The van der Waals surface area contributed by atoms with Crippen LogP contribution in [-0.2, 0) is 27.8 Å². The Balaban J connectivity index is 3.96. The molecule has 0 fully saturated rings. The van der Waals surface area contributed by atoms with Gasteiger partial charge in [0.25, 0.3) is 0 Å². The van der Waals surface area contributed by atoms with Crippen LogP contribution in [0.1, 0.15) is 0 Å². The molecule has 0 aliphatic rings. The van der Waals surface area contributed by atoms with E-state index < -0.39 is 9.05 Å². The number of hydrogen-bond donors (Lipinski definition) is 0. The average molecular weight is 184 g/mol. The first kappa shape index (κ1) is 11.0. The van der Waals surface area contributed by atoms with Crippen LogP contribution in [0.5, 0.6) is 0 Å². The zero-order valence-corrected chi connectivity index (χ0v) is 7.95. The summed E-state index contributed by atoms with van der Waals surface area (Å²) in [6.07, 6.45) is 0. The fraction of sp³-hybridized carbons (Fsp3) is 1.00. The smallest absolute Gasteiger partial charge is 0.352 e. The molecule has 0 aromatic carbocycles. The molecule has 0 heterocycles. The molecule has 11 heavy (non-hydrogen) atoms. The zero-order valence-electron chi connectivity index (χ0n) is 6.95. The van der Waals surface area contributed by atoms with Gasteiger partial charge < -0.3 is 8.85 Å². The van der Waals surface area contributed by atoms with Crippen molar-refractivity contribution >= 4 is 9.05 Å². The summed E-state index contributed by atoms with van der Waals surface area (Å²) in [7, 11) is 2.19. The van der Waals surface area contributed by atoms with Gasteiger partial charge >= 0.3 is 9.05 Å². The fourth-order valence-corrected chi connectivity index (χ4v) is 1.31. The summed E-state index contributed by atoms with van der Waals surface area (Å²) in [6, 6.07) is 0. The first-order chi connectivity index (χ1) is 5.24. The largest absolute Gasteiger partial charge is 0.735 e. The lowest BCUT2D eigenvalue weighted by molar-refractivity contribution is -0.317. The molecule has 0 spiro atoms. The molecule has 0 atom stereocenters. The van der Waals surface area contributed by atoms with Crippen molar-refractivity contribution in [1.82, 2.24) is 0 Å². The van der Waals surface area contributed by atoms with Crippen molar-refractivity contribution in [1.29, 1.82) is 0 Å². The third-order valence-electron chi connectivity index (χ3n) is 0.871. The molecular weight excluding hydrogens is 172 g/mol. The second-order valence-electron chi connectivity index (χ2n) is 1.41. The van der Waals surface area contributed by atoms with Crippen LogP contribution in [0.25, 0.3) is 0 Å². The van der Waals surface area contributed by atoms with E-state index >= 15 is 0 Å². The molecule has 0 radical (unpaired) electrons. The maximum atomic E-state index is 4.79. The van der Waals surface area contributed by atoms with E-state index in [0.29, 0.717) is 0 Å². The molecule has 0 aromatic heterocycles. The van der Waals surface area contributed by atoms with E-state index in [-0.39, 0.29) is 0 Å². The van der Waals surface area contributed by atoms with Crippen molar-refractivity contribution in [3.63, 3.8) is 0 Å². The Morgan fingerprint density at radius 1 is 0.727 bits per heavy atom. The first-order valence-corrected chi connectivity index (χ1v) is 4.42. The van der Waals surface area contributed by atoms with Crippen molar-refractivity contribution in [2.75, 3.05) is 28.4 Å². The van der Waals surface area contributed by atoms with Crippen molar-refractivity contribution in [2.24, 2.45) is 0 Å². The van der Waals surface area contributed by atoms with E-state index in [0.717, 1.165) is 0 Å². The van der Waals surface area contributed by atoms with Gasteiger partial charge in [-0.1, -0.05) is 0 Å². The topological polar surface area (TPSA) is 55.4 Å². The van der Waals surface area contributed by atoms with Gasteiger partial charge in [-0.15, -0.1) is 0 Å². The Labute approximate surface area is 66.2 Å². The quantitative estimate of drug-likeness (QED) is 0.325. The number of rotatable bonds is 6. The lowest BCUT2D eigenvalue weighted by atomic mass is 11.8. The van der Waals surface area contributed by atoms with Gasteiger partial charge in [0.05, 0.1) is 14.2 Å². The average Bonchev–Trinajstić information content (AvgIpc) is 2.04. The second-order valence-corrected chi connectivity index (χ2v) is 3.56. The van der Waals surface area contributed by atoms with E-state index in [1.165, 1.54) is 28.4 Å². The Hall–Kier alpha value is -0.0231. The lowest BCUT2D eigenvalue weighted by Gasteiger charge is -2.19. The SMILES string of the molecule is COO[Si](OC)(OC)OOC. The molecule has 68 valence electrons. The molecule has 0 unspecified atom stereocenters. The third kappa shape index (κ3) is 3.25. The maximum absolute atomic E-state index is 4.79. The summed E-state index contributed by atoms with van der Waals surface area (Å²) in [5, 5.41) is 0. The summed E-state index contributed by atoms with van der Waals surface area (Å²) in [6.45, 7) is 0. The molecule has 0 aromatic rings. The van der Waals surface area contributed by atoms with Gasteiger partial charge in [0, 0.05) is 14.2 Å². The Bertz CT molecular complexity index is 86.6. The van der Waals surface area contributed by atoms with Crippen LogP contribution in [0.2, 0.25) is 0 Å². The molecule has 7 heteroatoms. The number of hydrogen-bond acceptors (Lipinski definition) is 6. The van der Waals surface area contributed by atoms with Gasteiger partial charge in [0.1, 0.15) is 0 Å². The van der Waals surface area contributed by atoms with E-state index in [9.17, 15) is 0 Å². The molecule has 0 amide bonds.